The maximum Gasteiger partial charge on any atom is 0.143 e. The second kappa shape index (κ2) is 13.8. The van der Waals surface area contributed by atoms with Crippen molar-refractivity contribution in [2.75, 3.05) is 4.90 Å². The molecule has 2 aliphatic carbocycles. The number of rotatable bonds is 5. The van der Waals surface area contributed by atoms with Gasteiger partial charge in [-0.05, 0) is 114 Å². The van der Waals surface area contributed by atoms with Crippen molar-refractivity contribution in [3.63, 3.8) is 0 Å². The number of benzene rings is 11. The maximum absolute atomic E-state index is 7.22. The molecule has 2 nitrogen and oxygen atoms in total. The molecule has 11 aromatic carbocycles. The van der Waals surface area contributed by atoms with Crippen molar-refractivity contribution in [3.8, 4) is 44.5 Å². The van der Waals surface area contributed by atoms with E-state index in [9.17, 15) is 0 Å². The van der Waals surface area contributed by atoms with Gasteiger partial charge in [0.25, 0.3) is 0 Å². The summed E-state index contributed by atoms with van der Waals surface area (Å²) in [5, 5.41) is 6.91. The summed E-state index contributed by atoms with van der Waals surface area (Å²) in [4.78, 5) is 2.50. The normalized spacial score (nSPS) is 13.0. The van der Waals surface area contributed by atoms with Crippen LogP contribution >= 0.6 is 0 Å². The first-order valence-corrected chi connectivity index (χ1v) is 22.5. The van der Waals surface area contributed by atoms with E-state index in [-0.39, 0.29) is 0 Å². The molecule has 0 radical (unpaired) electrons. The van der Waals surface area contributed by atoms with Gasteiger partial charge in [-0.1, -0.05) is 200 Å². The van der Waals surface area contributed by atoms with E-state index in [1.165, 1.54) is 66.1 Å². The lowest BCUT2D eigenvalue weighted by Gasteiger charge is -2.33. The Morgan fingerprint density at radius 2 is 0.877 bits per heavy atom. The van der Waals surface area contributed by atoms with Crippen LogP contribution in [0.15, 0.2) is 241 Å². The van der Waals surface area contributed by atoms with E-state index in [2.05, 4.69) is 241 Å². The zero-order valence-corrected chi connectivity index (χ0v) is 35.4. The van der Waals surface area contributed by atoms with Crippen LogP contribution in [0.1, 0.15) is 22.3 Å². The summed E-state index contributed by atoms with van der Waals surface area (Å²) in [5.41, 5.74) is 19.5. The number of furan rings is 1. The Balaban J connectivity index is 1.09. The second-order valence-corrected chi connectivity index (χ2v) is 17.5. The first kappa shape index (κ1) is 36.1. The molecule has 0 bridgehead atoms. The van der Waals surface area contributed by atoms with E-state index < -0.39 is 5.41 Å². The molecule has 0 amide bonds. The molecule has 1 aromatic heterocycles. The number of para-hydroxylation sites is 1. The highest BCUT2D eigenvalue weighted by Crippen LogP contribution is 2.63. The standard InChI is InChI=1S/C63H39NO/c1-2-18-41(19-3-1)45-24-11-15-33-57(45)64(43-36-37-50-49-28-10-14-32-55(49)63(56(50)39-43)53-30-12-8-26-47(53)48-27-9-13-31-54(48)63)58-34-17-35-59-61(58)52-38-42-21-5-7-25-46(42)60(62(52)65-59)51-29-16-22-40-20-4-6-23-44(40)51/h1-39H. The first-order valence-electron chi connectivity index (χ1n) is 22.5. The Hall–Kier alpha value is -8.46. The average Bonchev–Trinajstić information content (AvgIpc) is 4.00. The topological polar surface area (TPSA) is 16.4 Å². The molecule has 1 heterocycles. The Kier molecular flexibility index (Phi) is 7.64. The van der Waals surface area contributed by atoms with Crippen molar-refractivity contribution in [1.29, 1.82) is 0 Å². The van der Waals surface area contributed by atoms with Gasteiger partial charge < -0.3 is 9.32 Å². The number of nitrogens with zero attached hydrogens (tertiary/aromatic N) is 1. The third-order valence-electron chi connectivity index (χ3n) is 14.3. The summed E-state index contributed by atoms with van der Waals surface area (Å²) in [6.45, 7) is 0. The number of hydrogen-bond donors (Lipinski definition) is 0. The van der Waals surface area contributed by atoms with Crippen molar-refractivity contribution in [2.24, 2.45) is 0 Å². The second-order valence-electron chi connectivity index (χ2n) is 17.5. The minimum Gasteiger partial charge on any atom is -0.455 e. The Morgan fingerprint density at radius 3 is 1.62 bits per heavy atom. The molecule has 2 aliphatic rings. The van der Waals surface area contributed by atoms with E-state index in [0.29, 0.717) is 0 Å². The highest BCUT2D eigenvalue weighted by molar-refractivity contribution is 6.23. The molecule has 0 aliphatic heterocycles. The Morgan fingerprint density at radius 1 is 0.338 bits per heavy atom. The summed E-state index contributed by atoms with van der Waals surface area (Å²) in [5.74, 6) is 0. The predicted octanol–water partition coefficient (Wildman–Crippen LogP) is 17.0. The van der Waals surface area contributed by atoms with Crippen LogP contribution in [-0.4, -0.2) is 0 Å². The molecule has 0 N–H and O–H groups in total. The fourth-order valence-corrected chi connectivity index (χ4v) is 11.7. The monoisotopic (exact) mass is 825 g/mol. The molecule has 0 unspecified atom stereocenters. The van der Waals surface area contributed by atoms with Gasteiger partial charge in [-0.15, -0.1) is 0 Å². The van der Waals surface area contributed by atoms with Crippen LogP contribution in [0.4, 0.5) is 17.1 Å². The van der Waals surface area contributed by atoms with Crippen LogP contribution in [0.25, 0.3) is 88.0 Å². The van der Waals surface area contributed by atoms with Crippen LogP contribution in [0, 0.1) is 0 Å². The van der Waals surface area contributed by atoms with Crippen molar-refractivity contribution in [3.05, 3.63) is 259 Å². The van der Waals surface area contributed by atoms with E-state index >= 15 is 0 Å². The molecule has 14 rings (SSSR count). The fourth-order valence-electron chi connectivity index (χ4n) is 11.7. The van der Waals surface area contributed by atoms with E-state index in [1.807, 2.05) is 0 Å². The van der Waals surface area contributed by atoms with Gasteiger partial charge in [0, 0.05) is 22.2 Å². The summed E-state index contributed by atoms with van der Waals surface area (Å²) in [6.07, 6.45) is 0. The van der Waals surface area contributed by atoms with Gasteiger partial charge in [0.15, 0.2) is 0 Å². The smallest absolute Gasteiger partial charge is 0.143 e. The molecule has 0 saturated carbocycles. The molecule has 2 heteroatoms. The SMILES string of the molecule is c1ccc(-c2ccccc2N(c2ccc3c(c2)C2(c4ccccc4-c4ccccc42)c2ccccc2-3)c2cccc3oc4c(-c5cccc6ccccc56)c5ccccc5cc4c23)cc1. The largest absolute Gasteiger partial charge is 0.455 e. The van der Waals surface area contributed by atoms with Crippen molar-refractivity contribution in [1.82, 2.24) is 0 Å². The molecular weight excluding hydrogens is 787 g/mol. The zero-order chi connectivity index (χ0) is 42.6. The fraction of sp³-hybridized carbons (Fsp3) is 0.0159. The highest BCUT2D eigenvalue weighted by Gasteiger charge is 2.51. The minimum absolute atomic E-state index is 0.486. The molecule has 1 spiro atoms. The van der Waals surface area contributed by atoms with E-state index in [1.54, 1.807) is 0 Å². The quantitative estimate of drug-likeness (QED) is 0.172. The Bertz CT molecular complexity index is 3840. The summed E-state index contributed by atoms with van der Waals surface area (Å²) >= 11 is 0. The molecule has 12 aromatic rings. The van der Waals surface area contributed by atoms with Gasteiger partial charge >= 0.3 is 0 Å². The third-order valence-corrected chi connectivity index (χ3v) is 14.3. The van der Waals surface area contributed by atoms with Crippen molar-refractivity contribution >= 4 is 60.5 Å². The average molecular weight is 826 g/mol. The Labute approximate surface area is 376 Å². The summed E-state index contributed by atoms with van der Waals surface area (Å²) in [7, 11) is 0. The van der Waals surface area contributed by atoms with Gasteiger partial charge in [0.05, 0.1) is 22.2 Å². The number of hydrogen-bond acceptors (Lipinski definition) is 2. The van der Waals surface area contributed by atoms with Crippen LogP contribution in [0.2, 0.25) is 0 Å². The van der Waals surface area contributed by atoms with E-state index in [4.69, 9.17) is 4.42 Å². The highest BCUT2D eigenvalue weighted by atomic mass is 16.3. The molecule has 0 saturated heterocycles. The van der Waals surface area contributed by atoms with Gasteiger partial charge in [0.2, 0.25) is 0 Å². The third kappa shape index (κ3) is 4.99. The van der Waals surface area contributed by atoms with Gasteiger partial charge in [0.1, 0.15) is 11.2 Å². The first-order chi connectivity index (χ1) is 32.3. The predicted molar refractivity (Wildman–Crippen MR) is 271 cm³/mol. The number of fused-ring (bicyclic) bond motifs is 15. The van der Waals surface area contributed by atoms with Crippen molar-refractivity contribution < 1.29 is 4.42 Å². The van der Waals surface area contributed by atoms with Crippen LogP contribution in [-0.2, 0) is 5.41 Å². The lowest BCUT2D eigenvalue weighted by Crippen LogP contribution is -2.26. The lowest BCUT2D eigenvalue weighted by atomic mass is 9.70. The summed E-state index contributed by atoms with van der Waals surface area (Å²) < 4.78 is 7.22. The molecule has 302 valence electrons. The number of anilines is 3. The molecular formula is C63H39NO. The van der Waals surface area contributed by atoms with E-state index in [0.717, 1.165) is 61.3 Å². The van der Waals surface area contributed by atoms with Crippen LogP contribution in [0.3, 0.4) is 0 Å². The molecule has 0 fully saturated rings. The van der Waals surface area contributed by atoms with Crippen LogP contribution < -0.4 is 4.90 Å². The summed E-state index contributed by atoms with van der Waals surface area (Å²) in [6, 6.07) is 87.0. The molecule has 65 heavy (non-hydrogen) atoms. The molecule has 0 atom stereocenters. The van der Waals surface area contributed by atoms with Crippen molar-refractivity contribution in [2.45, 2.75) is 5.41 Å². The minimum atomic E-state index is -0.486. The van der Waals surface area contributed by atoms with Gasteiger partial charge in [-0.3, -0.25) is 0 Å². The maximum atomic E-state index is 7.22. The van der Waals surface area contributed by atoms with Crippen LogP contribution in [0.5, 0.6) is 0 Å². The lowest BCUT2D eigenvalue weighted by molar-refractivity contribution is 0.670. The van der Waals surface area contributed by atoms with Gasteiger partial charge in [-0.2, -0.15) is 0 Å². The zero-order valence-electron chi connectivity index (χ0n) is 35.4. The van der Waals surface area contributed by atoms with Gasteiger partial charge in [-0.25, -0.2) is 0 Å².